The number of hydrogen-bond acceptors (Lipinski definition) is 6. The zero-order chi connectivity index (χ0) is 22.4. The molecule has 0 spiro atoms. The summed E-state index contributed by atoms with van der Waals surface area (Å²) in [6.07, 6.45) is 5.85. The predicted octanol–water partition coefficient (Wildman–Crippen LogP) is 1.76. The van der Waals surface area contributed by atoms with Crippen molar-refractivity contribution in [2.45, 2.75) is 37.9 Å². The molecule has 2 N–H and O–H groups in total. The summed E-state index contributed by atoms with van der Waals surface area (Å²) in [5.74, 6) is -1.24. The number of amides is 3. The molecule has 9 heteroatoms. The monoisotopic (exact) mass is 434 g/mol. The van der Waals surface area contributed by atoms with Gasteiger partial charge >= 0.3 is 0 Å². The minimum absolute atomic E-state index is 0.319. The van der Waals surface area contributed by atoms with Crippen LogP contribution in [0.25, 0.3) is 0 Å². The Labute approximate surface area is 186 Å². The number of benzene rings is 1. The first kappa shape index (κ1) is 20.4. The van der Waals surface area contributed by atoms with Crippen LogP contribution in [0.2, 0.25) is 0 Å². The van der Waals surface area contributed by atoms with Crippen molar-refractivity contribution in [1.82, 2.24) is 24.9 Å². The van der Waals surface area contributed by atoms with Gasteiger partial charge in [0, 0.05) is 36.2 Å². The highest BCUT2D eigenvalue weighted by Gasteiger charge is 2.45. The lowest BCUT2D eigenvalue weighted by atomic mass is 10.0. The number of nitrogens with one attached hydrogen (secondary N) is 2. The Morgan fingerprint density at radius 1 is 1.22 bits per heavy atom. The van der Waals surface area contributed by atoms with Crippen molar-refractivity contribution >= 4 is 23.4 Å². The van der Waals surface area contributed by atoms with E-state index >= 15 is 0 Å². The molecule has 3 aliphatic rings. The summed E-state index contributed by atoms with van der Waals surface area (Å²) in [7, 11) is 2.11. The van der Waals surface area contributed by atoms with E-state index in [1.807, 2.05) is 17.1 Å². The Morgan fingerprint density at radius 2 is 2.06 bits per heavy atom. The normalized spacial score (nSPS) is 23.6. The minimum Gasteiger partial charge on any atom is -0.380 e. The Morgan fingerprint density at radius 3 is 2.81 bits per heavy atom. The van der Waals surface area contributed by atoms with E-state index in [-0.39, 0.29) is 5.91 Å². The summed E-state index contributed by atoms with van der Waals surface area (Å²) in [6, 6.07) is 4.72. The molecule has 32 heavy (non-hydrogen) atoms. The van der Waals surface area contributed by atoms with Gasteiger partial charge in [0.05, 0.1) is 23.4 Å². The molecule has 3 amide bonds. The zero-order valence-corrected chi connectivity index (χ0v) is 18.0. The number of fused-ring (bicyclic) bond motifs is 1. The van der Waals surface area contributed by atoms with Gasteiger partial charge in [0.1, 0.15) is 6.04 Å². The second kappa shape index (κ2) is 7.90. The van der Waals surface area contributed by atoms with E-state index in [2.05, 4.69) is 34.3 Å². The van der Waals surface area contributed by atoms with Crippen LogP contribution in [0, 0.1) is 0 Å². The van der Waals surface area contributed by atoms with E-state index in [0.717, 1.165) is 30.0 Å². The number of likely N-dealkylation sites (tertiary alicyclic amines) is 1. The fraction of sp³-hybridized carbons (Fsp3) is 0.391. The van der Waals surface area contributed by atoms with Crippen LogP contribution in [0.4, 0.5) is 5.69 Å². The number of piperidine rings is 1. The standard InChI is InChI=1S/C23H26N6O3/c1-14-6-7-19(21(30)26-14)29-22(31)17-4-3-5-18(20(17)23(29)32)24-10-15-11-25-28(12-15)16-8-9-27(2)13-16/h3-5,11-12,16,19,24H,1,6-10,13H2,2H3,(H,26,30). The molecule has 2 fully saturated rings. The number of likely N-dealkylation sites (N-methyl/N-ethyl adjacent to an activating group) is 1. The summed E-state index contributed by atoms with van der Waals surface area (Å²) >= 11 is 0. The SMILES string of the molecule is C=C1CCC(N2C(=O)c3cccc(NCc4cnn(C5CCN(C)C5)c4)c3C2=O)C(=O)N1. The van der Waals surface area contributed by atoms with Crippen molar-refractivity contribution in [1.29, 1.82) is 0 Å². The highest BCUT2D eigenvalue weighted by atomic mass is 16.2. The molecule has 4 heterocycles. The lowest BCUT2D eigenvalue weighted by Gasteiger charge is -2.29. The molecule has 2 saturated heterocycles. The van der Waals surface area contributed by atoms with Crippen LogP contribution in [0.15, 0.2) is 42.9 Å². The molecule has 5 rings (SSSR count). The molecule has 0 radical (unpaired) electrons. The van der Waals surface area contributed by atoms with Crippen molar-refractivity contribution in [3.8, 4) is 0 Å². The van der Waals surface area contributed by atoms with Gasteiger partial charge in [-0.15, -0.1) is 0 Å². The topological polar surface area (TPSA) is 99.6 Å². The van der Waals surface area contributed by atoms with E-state index in [1.54, 1.807) is 18.2 Å². The molecule has 0 saturated carbocycles. The predicted molar refractivity (Wildman–Crippen MR) is 118 cm³/mol. The van der Waals surface area contributed by atoms with Crippen molar-refractivity contribution in [2.24, 2.45) is 0 Å². The van der Waals surface area contributed by atoms with E-state index in [4.69, 9.17) is 0 Å². The molecule has 0 bridgehead atoms. The van der Waals surface area contributed by atoms with Crippen molar-refractivity contribution < 1.29 is 14.4 Å². The molecular weight excluding hydrogens is 408 g/mol. The van der Waals surface area contributed by atoms with Gasteiger partial charge in [-0.2, -0.15) is 5.10 Å². The molecule has 9 nitrogen and oxygen atoms in total. The van der Waals surface area contributed by atoms with E-state index in [9.17, 15) is 14.4 Å². The number of carbonyl (C=O) groups excluding carboxylic acids is 3. The number of imide groups is 1. The van der Waals surface area contributed by atoms with Crippen LogP contribution >= 0.6 is 0 Å². The van der Waals surface area contributed by atoms with Gasteiger partial charge in [-0.25, -0.2) is 0 Å². The van der Waals surface area contributed by atoms with Crippen molar-refractivity contribution in [2.75, 3.05) is 25.5 Å². The average molecular weight is 435 g/mol. The van der Waals surface area contributed by atoms with E-state index in [1.165, 1.54) is 0 Å². The lowest BCUT2D eigenvalue weighted by molar-refractivity contribution is -0.125. The molecular formula is C23H26N6O3. The maximum absolute atomic E-state index is 13.2. The third-order valence-electron chi connectivity index (χ3n) is 6.46. The number of rotatable bonds is 5. The number of aromatic nitrogens is 2. The van der Waals surface area contributed by atoms with Crippen LogP contribution in [0.3, 0.4) is 0 Å². The fourth-order valence-corrected chi connectivity index (χ4v) is 4.74. The van der Waals surface area contributed by atoms with Crippen LogP contribution < -0.4 is 10.6 Å². The van der Waals surface area contributed by atoms with Gasteiger partial charge in [-0.1, -0.05) is 12.6 Å². The summed E-state index contributed by atoms with van der Waals surface area (Å²) in [5.41, 5.74) is 2.82. The summed E-state index contributed by atoms with van der Waals surface area (Å²) < 4.78 is 2.00. The highest BCUT2D eigenvalue weighted by molar-refractivity contribution is 6.25. The van der Waals surface area contributed by atoms with Gasteiger partial charge in [-0.05, 0) is 45.0 Å². The third kappa shape index (κ3) is 3.48. The Balaban J connectivity index is 1.33. The first-order valence-corrected chi connectivity index (χ1v) is 10.9. The van der Waals surface area contributed by atoms with Crippen molar-refractivity contribution in [3.63, 3.8) is 0 Å². The van der Waals surface area contributed by atoms with E-state index in [0.29, 0.717) is 47.9 Å². The van der Waals surface area contributed by atoms with Gasteiger partial charge in [0.25, 0.3) is 11.8 Å². The van der Waals surface area contributed by atoms with Gasteiger partial charge in [-0.3, -0.25) is 24.0 Å². The van der Waals surface area contributed by atoms with Crippen LogP contribution in [0.1, 0.15) is 51.6 Å². The molecule has 3 aliphatic heterocycles. The van der Waals surface area contributed by atoms with Crippen LogP contribution in [-0.4, -0.2) is 63.5 Å². The first-order valence-electron chi connectivity index (χ1n) is 10.9. The van der Waals surface area contributed by atoms with Gasteiger partial charge in [0.2, 0.25) is 5.91 Å². The molecule has 1 aromatic heterocycles. The van der Waals surface area contributed by atoms with Gasteiger partial charge < -0.3 is 15.5 Å². The smallest absolute Gasteiger partial charge is 0.264 e. The lowest BCUT2D eigenvalue weighted by Crippen LogP contribution is -2.51. The molecule has 0 aliphatic carbocycles. The first-order chi connectivity index (χ1) is 15.4. The Kier molecular flexibility index (Phi) is 5.05. The quantitative estimate of drug-likeness (QED) is 0.696. The van der Waals surface area contributed by atoms with Crippen LogP contribution in [-0.2, 0) is 11.3 Å². The summed E-state index contributed by atoms with van der Waals surface area (Å²) in [5, 5.41) is 10.4. The highest BCUT2D eigenvalue weighted by Crippen LogP contribution is 2.33. The number of nitrogens with zero attached hydrogens (tertiary/aromatic N) is 4. The maximum atomic E-state index is 13.2. The van der Waals surface area contributed by atoms with Crippen LogP contribution in [0.5, 0.6) is 0 Å². The molecule has 2 atom stereocenters. The second-order valence-corrected chi connectivity index (χ2v) is 8.74. The zero-order valence-electron chi connectivity index (χ0n) is 18.0. The molecule has 1 aromatic carbocycles. The minimum atomic E-state index is -0.816. The largest absolute Gasteiger partial charge is 0.380 e. The number of allylic oxidation sites excluding steroid dienone is 1. The van der Waals surface area contributed by atoms with Crippen molar-refractivity contribution in [3.05, 3.63) is 59.6 Å². The third-order valence-corrected chi connectivity index (χ3v) is 6.46. The Bertz CT molecular complexity index is 1120. The fourth-order valence-electron chi connectivity index (χ4n) is 4.74. The molecule has 2 aromatic rings. The summed E-state index contributed by atoms with van der Waals surface area (Å²) in [4.78, 5) is 42.0. The number of hydrogen-bond donors (Lipinski definition) is 2. The molecule has 2 unspecified atom stereocenters. The average Bonchev–Trinajstić information content (AvgIpc) is 3.47. The Hall–Kier alpha value is -3.46. The summed E-state index contributed by atoms with van der Waals surface area (Å²) in [6.45, 7) is 6.28. The van der Waals surface area contributed by atoms with E-state index < -0.39 is 17.9 Å². The number of anilines is 1. The number of carbonyl (C=O) groups is 3. The second-order valence-electron chi connectivity index (χ2n) is 8.74. The maximum Gasteiger partial charge on any atom is 0.264 e. The molecule has 166 valence electrons. The van der Waals surface area contributed by atoms with Gasteiger partial charge in [0.15, 0.2) is 0 Å².